The Kier molecular flexibility index (Phi) is 7.93. The molecule has 1 atom stereocenters. The Balaban J connectivity index is 1.62. The fraction of sp³-hybridized carbons (Fsp3) is 0.304. The molecular formula is C23H26ClN5O2S. The van der Waals surface area contributed by atoms with Gasteiger partial charge in [-0.05, 0) is 63.6 Å². The summed E-state index contributed by atoms with van der Waals surface area (Å²) < 4.78 is 1.91. The van der Waals surface area contributed by atoms with E-state index in [9.17, 15) is 9.59 Å². The number of rotatable bonds is 8. The van der Waals surface area contributed by atoms with E-state index in [4.69, 9.17) is 11.6 Å². The second-order valence-corrected chi connectivity index (χ2v) is 8.82. The highest BCUT2D eigenvalue weighted by molar-refractivity contribution is 7.99. The SMILES string of the molecule is CCn1c(SCC(=O)Nc2ccc(Cl)cc2C)nnc1[C@@H](C)NC(=O)c1ccc(C)cc1. The molecule has 0 unspecified atom stereocenters. The summed E-state index contributed by atoms with van der Waals surface area (Å²) in [4.78, 5) is 25.0. The lowest BCUT2D eigenvalue weighted by molar-refractivity contribution is -0.113. The molecule has 0 aliphatic rings. The smallest absolute Gasteiger partial charge is 0.251 e. The number of anilines is 1. The minimum Gasteiger partial charge on any atom is -0.342 e. The van der Waals surface area contributed by atoms with Crippen LogP contribution in [0, 0.1) is 13.8 Å². The van der Waals surface area contributed by atoms with E-state index in [1.165, 1.54) is 11.8 Å². The Labute approximate surface area is 197 Å². The lowest BCUT2D eigenvalue weighted by Gasteiger charge is -2.15. The van der Waals surface area contributed by atoms with Crippen molar-refractivity contribution >= 4 is 40.9 Å². The normalized spacial score (nSPS) is 11.8. The second-order valence-electron chi connectivity index (χ2n) is 7.44. The Bertz CT molecular complexity index is 1110. The third-order valence-corrected chi connectivity index (χ3v) is 6.11. The van der Waals surface area contributed by atoms with Crippen molar-refractivity contribution in [1.29, 1.82) is 0 Å². The lowest BCUT2D eigenvalue weighted by Crippen LogP contribution is -2.28. The molecule has 0 aliphatic carbocycles. The Morgan fingerprint density at radius 3 is 2.50 bits per heavy atom. The molecule has 168 valence electrons. The highest BCUT2D eigenvalue weighted by Crippen LogP contribution is 2.23. The molecule has 0 radical (unpaired) electrons. The molecule has 0 bridgehead atoms. The van der Waals surface area contributed by atoms with E-state index in [1.54, 1.807) is 30.3 Å². The quantitative estimate of drug-likeness (QED) is 0.461. The van der Waals surface area contributed by atoms with E-state index < -0.39 is 0 Å². The van der Waals surface area contributed by atoms with Gasteiger partial charge in [0.25, 0.3) is 5.91 Å². The van der Waals surface area contributed by atoms with Crippen LogP contribution in [-0.2, 0) is 11.3 Å². The van der Waals surface area contributed by atoms with Crippen LogP contribution in [0.15, 0.2) is 47.6 Å². The monoisotopic (exact) mass is 471 g/mol. The van der Waals surface area contributed by atoms with Gasteiger partial charge in [-0.1, -0.05) is 41.1 Å². The Morgan fingerprint density at radius 1 is 1.12 bits per heavy atom. The molecule has 1 aromatic heterocycles. The predicted molar refractivity (Wildman–Crippen MR) is 128 cm³/mol. The molecule has 3 aromatic rings. The first kappa shape index (κ1) is 23.8. The first-order valence-corrected chi connectivity index (χ1v) is 11.6. The van der Waals surface area contributed by atoms with Gasteiger partial charge >= 0.3 is 0 Å². The van der Waals surface area contributed by atoms with Crippen LogP contribution < -0.4 is 10.6 Å². The molecule has 2 N–H and O–H groups in total. The summed E-state index contributed by atoms with van der Waals surface area (Å²) in [6.45, 7) is 8.33. The van der Waals surface area contributed by atoms with E-state index in [2.05, 4.69) is 20.8 Å². The highest BCUT2D eigenvalue weighted by atomic mass is 35.5. The predicted octanol–water partition coefficient (Wildman–Crippen LogP) is 4.79. The average molecular weight is 472 g/mol. The molecule has 9 heteroatoms. The van der Waals surface area contributed by atoms with Crippen LogP contribution in [0.3, 0.4) is 0 Å². The second kappa shape index (κ2) is 10.7. The molecule has 0 saturated heterocycles. The van der Waals surface area contributed by atoms with Gasteiger partial charge in [-0.25, -0.2) is 0 Å². The number of nitrogens with one attached hydrogen (secondary N) is 2. The summed E-state index contributed by atoms with van der Waals surface area (Å²) in [6.07, 6.45) is 0. The largest absolute Gasteiger partial charge is 0.342 e. The zero-order valence-electron chi connectivity index (χ0n) is 18.5. The van der Waals surface area contributed by atoms with Crippen molar-refractivity contribution in [2.45, 2.75) is 45.4 Å². The van der Waals surface area contributed by atoms with E-state index in [0.717, 1.165) is 16.8 Å². The van der Waals surface area contributed by atoms with Crippen molar-refractivity contribution in [3.63, 3.8) is 0 Å². The number of thioether (sulfide) groups is 1. The van der Waals surface area contributed by atoms with Gasteiger partial charge in [-0.2, -0.15) is 0 Å². The maximum atomic E-state index is 12.5. The fourth-order valence-corrected chi connectivity index (χ4v) is 4.19. The minimum absolute atomic E-state index is 0.145. The van der Waals surface area contributed by atoms with Crippen LogP contribution in [0.1, 0.15) is 47.2 Å². The molecule has 7 nitrogen and oxygen atoms in total. The molecule has 32 heavy (non-hydrogen) atoms. The molecule has 0 aliphatic heterocycles. The van der Waals surface area contributed by atoms with Gasteiger partial charge < -0.3 is 15.2 Å². The van der Waals surface area contributed by atoms with Crippen LogP contribution in [-0.4, -0.2) is 32.3 Å². The van der Waals surface area contributed by atoms with Crippen molar-refractivity contribution in [2.75, 3.05) is 11.1 Å². The van der Waals surface area contributed by atoms with E-state index in [-0.39, 0.29) is 23.6 Å². The van der Waals surface area contributed by atoms with E-state index >= 15 is 0 Å². The summed E-state index contributed by atoms with van der Waals surface area (Å²) in [7, 11) is 0. The molecule has 2 aromatic carbocycles. The van der Waals surface area contributed by atoms with Crippen LogP contribution in [0.5, 0.6) is 0 Å². The number of nitrogens with zero attached hydrogens (tertiary/aromatic N) is 3. The number of halogens is 1. The first-order chi connectivity index (χ1) is 15.3. The molecule has 3 rings (SSSR count). The van der Waals surface area contributed by atoms with Gasteiger partial charge in [0.2, 0.25) is 5.91 Å². The zero-order chi connectivity index (χ0) is 23.3. The third kappa shape index (κ3) is 5.89. The molecule has 1 heterocycles. The summed E-state index contributed by atoms with van der Waals surface area (Å²) in [5.41, 5.74) is 3.31. The topological polar surface area (TPSA) is 88.9 Å². The third-order valence-electron chi connectivity index (χ3n) is 4.91. The van der Waals surface area contributed by atoms with Crippen molar-refractivity contribution in [1.82, 2.24) is 20.1 Å². The average Bonchev–Trinajstić information content (AvgIpc) is 3.17. The van der Waals surface area contributed by atoms with E-state index in [0.29, 0.717) is 28.1 Å². The number of carbonyl (C=O) groups is 2. The van der Waals surface area contributed by atoms with Gasteiger partial charge in [0.15, 0.2) is 11.0 Å². The number of aromatic nitrogens is 3. The number of amides is 2. The maximum absolute atomic E-state index is 12.5. The standard InChI is InChI=1S/C23H26ClN5O2S/c1-5-29-21(16(4)25-22(31)17-8-6-14(2)7-9-17)27-28-23(29)32-13-20(30)26-19-11-10-18(24)12-15(19)3/h6-12,16H,5,13H2,1-4H3,(H,25,31)(H,26,30)/t16-/m1/s1. The summed E-state index contributed by atoms with van der Waals surface area (Å²) in [6, 6.07) is 12.4. The molecular weight excluding hydrogens is 446 g/mol. The van der Waals surface area contributed by atoms with Gasteiger partial charge in [0.05, 0.1) is 11.8 Å². The van der Waals surface area contributed by atoms with E-state index in [1.807, 2.05) is 44.4 Å². The molecule has 2 amide bonds. The fourth-order valence-electron chi connectivity index (χ4n) is 3.16. The van der Waals surface area contributed by atoms with Crippen LogP contribution >= 0.6 is 23.4 Å². The zero-order valence-corrected chi connectivity index (χ0v) is 20.0. The number of hydrogen-bond acceptors (Lipinski definition) is 5. The van der Waals surface area contributed by atoms with Gasteiger partial charge in [-0.15, -0.1) is 10.2 Å². The Morgan fingerprint density at radius 2 is 1.84 bits per heavy atom. The number of benzene rings is 2. The van der Waals surface area contributed by atoms with Crippen molar-refractivity contribution in [3.8, 4) is 0 Å². The van der Waals surface area contributed by atoms with Crippen molar-refractivity contribution in [3.05, 3.63) is 70.0 Å². The summed E-state index contributed by atoms with van der Waals surface area (Å²) in [5, 5.41) is 15.6. The Hall–Kier alpha value is -2.84. The van der Waals surface area contributed by atoms with Gasteiger partial charge in [0, 0.05) is 22.8 Å². The number of carbonyl (C=O) groups excluding carboxylic acids is 2. The number of hydrogen-bond donors (Lipinski definition) is 2. The number of aryl methyl sites for hydroxylation is 2. The molecule has 0 fully saturated rings. The van der Waals surface area contributed by atoms with Crippen LogP contribution in [0.2, 0.25) is 5.02 Å². The first-order valence-electron chi connectivity index (χ1n) is 10.3. The summed E-state index contributed by atoms with van der Waals surface area (Å²) >= 11 is 7.27. The lowest BCUT2D eigenvalue weighted by atomic mass is 10.1. The van der Waals surface area contributed by atoms with Crippen molar-refractivity contribution in [2.24, 2.45) is 0 Å². The van der Waals surface area contributed by atoms with Gasteiger partial charge in [0.1, 0.15) is 0 Å². The summed E-state index contributed by atoms with van der Waals surface area (Å²) in [5.74, 6) is 0.512. The maximum Gasteiger partial charge on any atom is 0.251 e. The molecule has 0 spiro atoms. The van der Waals surface area contributed by atoms with Crippen LogP contribution in [0.4, 0.5) is 5.69 Å². The van der Waals surface area contributed by atoms with Gasteiger partial charge in [-0.3, -0.25) is 9.59 Å². The van der Waals surface area contributed by atoms with Crippen LogP contribution in [0.25, 0.3) is 0 Å². The highest BCUT2D eigenvalue weighted by Gasteiger charge is 2.20. The van der Waals surface area contributed by atoms with Crippen molar-refractivity contribution < 1.29 is 9.59 Å². The minimum atomic E-state index is -0.337. The molecule has 0 saturated carbocycles.